The van der Waals surface area contributed by atoms with Gasteiger partial charge in [-0.3, -0.25) is 4.90 Å². The van der Waals surface area contributed by atoms with Crippen LogP contribution in [0.3, 0.4) is 0 Å². The van der Waals surface area contributed by atoms with Crippen LogP contribution in [0, 0.1) is 5.92 Å². The summed E-state index contributed by atoms with van der Waals surface area (Å²) in [5.41, 5.74) is 0. The molecule has 2 heterocycles. The van der Waals surface area contributed by atoms with Gasteiger partial charge in [-0.25, -0.2) is 0 Å². The Morgan fingerprint density at radius 3 is 2.59 bits per heavy atom. The van der Waals surface area contributed by atoms with E-state index in [-0.39, 0.29) is 0 Å². The van der Waals surface area contributed by atoms with Gasteiger partial charge in [0.25, 0.3) is 0 Å². The minimum Gasteiger partial charge on any atom is -0.453 e. The fraction of sp³-hybridized carbons (Fsp3) is 0.692. The number of piperazine rings is 1. The van der Waals surface area contributed by atoms with Crippen molar-refractivity contribution in [2.24, 2.45) is 5.92 Å². The van der Waals surface area contributed by atoms with E-state index in [1.165, 1.54) is 0 Å². The van der Waals surface area contributed by atoms with Crippen molar-refractivity contribution in [1.29, 1.82) is 0 Å². The Morgan fingerprint density at radius 1 is 1.35 bits per heavy atom. The molecular weight excluding hydrogens is 280 g/mol. The monoisotopic (exact) mass is 300 g/mol. The van der Waals surface area contributed by atoms with Crippen LogP contribution in [0.5, 0.6) is 0 Å². The lowest BCUT2D eigenvalue weighted by molar-refractivity contribution is 0.135. The molecule has 0 bridgehead atoms. The fourth-order valence-corrected chi connectivity index (χ4v) is 2.71. The van der Waals surface area contributed by atoms with Crippen molar-refractivity contribution in [2.75, 3.05) is 26.2 Å². The van der Waals surface area contributed by atoms with E-state index in [0.29, 0.717) is 12.0 Å². The van der Waals surface area contributed by atoms with E-state index in [9.17, 15) is 0 Å². The minimum atomic E-state index is 0.420. The molecule has 1 fully saturated rings. The molecule has 1 saturated heterocycles. The van der Waals surface area contributed by atoms with E-state index >= 15 is 0 Å². The maximum absolute atomic E-state index is 5.75. The van der Waals surface area contributed by atoms with Crippen LogP contribution in [0.25, 0.3) is 0 Å². The maximum atomic E-state index is 5.75. The SMILES string of the molecule is CC(C)C[C@H](c1ccc(Br)o1)N1CCNCC1. The van der Waals surface area contributed by atoms with Crippen molar-refractivity contribution < 1.29 is 4.42 Å². The second-order valence-electron chi connectivity index (χ2n) is 5.07. The van der Waals surface area contributed by atoms with Crippen molar-refractivity contribution in [3.8, 4) is 0 Å². The summed E-state index contributed by atoms with van der Waals surface area (Å²) < 4.78 is 6.58. The van der Waals surface area contributed by atoms with E-state index in [2.05, 4.69) is 46.1 Å². The first-order valence-corrected chi connectivity index (χ1v) is 7.16. The molecule has 0 aliphatic carbocycles. The third kappa shape index (κ3) is 3.57. The molecule has 1 N–H and O–H groups in total. The first-order chi connectivity index (χ1) is 8.16. The summed E-state index contributed by atoms with van der Waals surface area (Å²) in [6.45, 7) is 8.92. The van der Waals surface area contributed by atoms with Gasteiger partial charge in [-0.05, 0) is 40.4 Å². The van der Waals surface area contributed by atoms with Crippen molar-refractivity contribution in [2.45, 2.75) is 26.3 Å². The van der Waals surface area contributed by atoms with Gasteiger partial charge in [0.15, 0.2) is 4.67 Å². The fourth-order valence-electron chi connectivity index (χ4n) is 2.39. The van der Waals surface area contributed by atoms with E-state index in [1.807, 2.05) is 6.07 Å². The number of halogens is 1. The average Bonchev–Trinajstić information content (AvgIpc) is 2.73. The molecule has 17 heavy (non-hydrogen) atoms. The lowest BCUT2D eigenvalue weighted by Crippen LogP contribution is -2.45. The Labute approximate surface area is 112 Å². The summed E-state index contributed by atoms with van der Waals surface area (Å²) in [5.74, 6) is 1.77. The first kappa shape index (κ1) is 13.1. The normalized spacial score (nSPS) is 19.8. The minimum absolute atomic E-state index is 0.420. The number of hydrogen-bond acceptors (Lipinski definition) is 3. The van der Waals surface area contributed by atoms with Gasteiger partial charge in [0.1, 0.15) is 5.76 Å². The van der Waals surface area contributed by atoms with Gasteiger partial charge >= 0.3 is 0 Å². The Balaban J connectivity index is 2.11. The first-order valence-electron chi connectivity index (χ1n) is 6.37. The van der Waals surface area contributed by atoms with E-state index < -0.39 is 0 Å². The predicted octanol–water partition coefficient (Wildman–Crippen LogP) is 3.03. The lowest BCUT2D eigenvalue weighted by Gasteiger charge is -2.34. The molecule has 1 aromatic heterocycles. The number of furan rings is 1. The zero-order valence-corrected chi connectivity index (χ0v) is 12.2. The van der Waals surface area contributed by atoms with Crippen LogP contribution in [-0.2, 0) is 0 Å². The number of rotatable bonds is 4. The van der Waals surface area contributed by atoms with Gasteiger partial charge in [0, 0.05) is 26.2 Å². The van der Waals surface area contributed by atoms with Gasteiger partial charge in [-0.15, -0.1) is 0 Å². The Morgan fingerprint density at radius 2 is 2.06 bits per heavy atom. The highest BCUT2D eigenvalue weighted by Gasteiger charge is 2.25. The van der Waals surface area contributed by atoms with Crippen molar-refractivity contribution in [3.05, 3.63) is 22.6 Å². The maximum Gasteiger partial charge on any atom is 0.169 e. The summed E-state index contributed by atoms with van der Waals surface area (Å²) in [6, 6.07) is 4.51. The summed E-state index contributed by atoms with van der Waals surface area (Å²) in [5, 5.41) is 3.40. The van der Waals surface area contributed by atoms with Crippen molar-refractivity contribution in [3.63, 3.8) is 0 Å². The molecule has 0 spiro atoms. The van der Waals surface area contributed by atoms with Crippen LogP contribution >= 0.6 is 15.9 Å². The van der Waals surface area contributed by atoms with Crippen LogP contribution in [0.2, 0.25) is 0 Å². The molecule has 0 radical (unpaired) electrons. The average molecular weight is 301 g/mol. The number of hydrogen-bond donors (Lipinski definition) is 1. The zero-order chi connectivity index (χ0) is 12.3. The van der Waals surface area contributed by atoms with Crippen molar-refractivity contribution in [1.82, 2.24) is 10.2 Å². The second-order valence-corrected chi connectivity index (χ2v) is 5.85. The van der Waals surface area contributed by atoms with Gasteiger partial charge in [-0.2, -0.15) is 0 Å². The highest BCUT2D eigenvalue weighted by molar-refractivity contribution is 9.10. The highest BCUT2D eigenvalue weighted by Crippen LogP contribution is 2.30. The van der Waals surface area contributed by atoms with Crippen LogP contribution in [-0.4, -0.2) is 31.1 Å². The largest absolute Gasteiger partial charge is 0.453 e. The highest BCUT2D eigenvalue weighted by atomic mass is 79.9. The second kappa shape index (κ2) is 6.03. The lowest BCUT2D eigenvalue weighted by atomic mass is 10.00. The smallest absolute Gasteiger partial charge is 0.169 e. The summed E-state index contributed by atoms with van der Waals surface area (Å²) in [4.78, 5) is 2.53. The molecule has 1 aliphatic rings. The molecule has 1 aliphatic heterocycles. The van der Waals surface area contributed by atoms with Crippen LogP contribution in [0.1, 0.15) is 32.1 Å². The van der Waals surface area contributed by atoms with Gasteiger partial charge in [0.05, 0.1) is 6.04 Å². The molecule has 4 heteroatoms. The van der Waals surface area contributed by atoms with Crippen LogP contribution in [0.15, 0.2) is 21.2 Å². The Kier molecular flexibility index (Phi) is 4.65. The van der Waals surface area contributed by atoms with E-state index in [4.69, 9.17) is 4.42 Å². The third-order valence-corrected chi connectivity index (χ3v) is 3.64. The van der Waals surface area contributed by atoms with Crippen LogP contribution in [0.4, 0.5) is 0 Å². The molecule has 0 amide bonds. The number of nitrogens with one attached hydrogen (secondary N) is 1. The van der Waals surface area contributed by atoms with E-state index in [0.717, 1.165) is 43.0 Å². The quantitative estimate of drug-likeness (QED) is 0.926. The molecule has 0 unspecified atom stereocenters. The standard InChI is InChI=1S/C13H21BrN2O/c1-10(2)9-11(12-3-4-13(14)17-12)16-7-5-15-6-8-16/h3-4,10-11,15H,5-9H2,1-2H3/t11-/m1/s1. The summed E-state index contributed by atoms with van der Waals surface area (Å²) >= 11 is 3.39. The Hall–Kier alpha value is -0.320. The Bertz CT molecular complexity index is 345. The molecule has 0 aromatic carbocycles. The molecular formula is C13H21BrN2O. The molecule has 3 nitrogen and oxygen atoms in total. The molecule has 1 aromatic rings. The number of nitrogens with zero attached hydrogens (tertiary/aromatic N) is 1. The van der Waals surface area contributed by atoms with Gasteiger partial charge in [0.2, 0.25) is 0 Å². The molecule has 2 rings (SSSR count). The third-order valence-electron chi connectivity index (χ3n) is 3.21. The molecule has 96 valence electrons. The predicted molar refractivity (Wildman–Crippen MR) is 73.0 cm³/mol. The zero-order valence-electron chi connectivity index (χ0n) is 10.6. The summed E-state index contributed by atoms with van der Waals surface area (Å²) in [6.07, 6.45) is 1.15. The van der Waals surface area contributed by atoms with Crippen LogP contribution < -0.4 is 5.32 Å². The summed E-state index contributed by atoms with van der Waals surface area (Å²) in [7, 11) is 0. The van der Waals surface area contributed by atoms with Crippen molar-refractivity contribution >= 4 is 15.9 Å². The van der Waals surface area contributed by atoms with Gasteiger partial charge < -0.3 is 9.73 Å². The molecule has 1 atom stereocenters. The molecule has 0 saturated carbocycles. The van der Waals surface area contributed by atoms with Gasteiger partial charge in [-0.1, -0.05) is 13.8 Å². The topological polar surface area (TPSA) is 28.4 Å². The van der Waals surface area contributed by atoms with E-state index in [1.54, 1.807) is 0 Å².